The lowest BCUT2D eigenvalue weighted by molar-refractivity contribution is -0.127. The summed E-state index contributed by atoms with van der Waals surface area (Å²) in [6, 6.07) is 15.2. The SMILES string of the molecule is Cc1ccccc1/C=C1/SC(=O)N(CC(=O)Nc2ccc(C(C)C)cc2)C1=O. The van der Waals surface area contributed by atoms with Gasteiger partial charge in [-0.25, -0.2) is 0 Å². The number of imide groups is 1. The largest absolute Gasteiger partial charge is 0.325 e. The molecule has 0 radical (unpaired) electrons. The van der Waals surface area contributed by atoms with Gasteiger partial charge in [-0.2, -0.15) is 0 Å². The zero-order chi connectivity index (χ0) is 20.3. The normalized spacial score (nSPS) is 15.6. The van der Waals surface area contributed by atoms with E-state index in [0.29, 0.717) is 16.5 Å². The summed E-state index contributed by atoms with van der Waals surface area (Å²) in [5.41, 5.74) is 3.70. The lowest BCUT2D eigenvalue weighted by Gasteiger charge is -2.13. The molecule has 1 aliphatic heterocycles. The van der Waals surface area contributed by atoms with Gasteiger partial charge in [0.25, 0.3) is 11.1 Å². The Balaban J connectivity index is 1.67. The minimum atomic E-state index is -0.441. The van der Waals surface area contributed by atoms with Gasteiger partial charge < -0.3 is 5.32 Å². The Morgan fingerprint density at radius 1 is 1.11 bits per heavy atom. The van der Waals surface area contributed by atoms with Crippen LogP contribution in [-0.2, 0) is 9.59 Å². The summed E-state index contributed by atoms with van der Waals surface area (Å²) in [5, 5.41) is 2.30. The maximum Gasteiger partial charge on any atom is 0.294 e. The molecule has 5 nitrogen and oxygen atoms in total. The van der Waals surface area contributed by atoms with Crippen LogP contribution in [0.5, 0.6) is 0 Å². The first kappa shape index (κ1) is 19.9. The molecule has 0 unspecified atom stereocenters. The van der Waals surface area contributed by atoms with E-state index < -0.39 is 17.1 Å². The van der Waals surface area contributed by atoms with Crippen molar-refractivity contribution in [2.75, 3.05) is 11.9 Å². The molecule has 0 aliphatic carbocycles. The number of carbonyl (C=O) groups excluding carboxylic acids is 3. The fourth-order valence-corrected chi connectivity index (χ4v) is 3.65. The minimum Gasteiger partial charge on any atom is -0.325 e. The van der Waals surface area contributed by atoms with E-state index in [0.717, 1.165) is 27.8 Å². The Kier molecular flexibility index (Phi) is 5.99. The molecular weight excluding hydrogens is 372 g/mol. The van der Waals surface area contributed by atoms with Crippen LogP contribution in [0.4, 0.5) is 10.5 Å². The first-order valence-electron chi connectivity index (χ1n) is 9.06. The maximum atomic E-state index is 12.6. The standard InChI is InChI=1S/C22H22N2O3S/c1-14(2)16-8-10-18(11-9-16)23-20(25)13-24-21(26)19(28-22(24)27)12-17-7-5-4-6-15(17)3/h4-12,14H,13H2,1-3H3,(H,23,25)/b19-12+. The van der Waals surface area contributed by atoms with Crippen LogP contribution in [0.25, 0.3) is 6.08 Å². The Labute approximate surface area is 168 Å². The van der Waals surface area contributed by atoms with Crippen LogP contribution in [0.2, 0.25) is 0 Å². The highest BCUT2D eigenvalue weighted by Gasteiger charge is 2.36. The fraction of sp³-hybridized carbons (Fsp3) is 0.227. The van der Waals surface area contributed by atoms with E-state index in [1.807, 2.05) is 55.5 Å². The number of nitrogens with zero attached hydrogens (tertiary/aromatic N) is 1. The second-order valence-electron chi connectivity index (χ2n) is 6.95. The molecule has 0 saturated carbocycles. The molecule has 0 atom stereocenters. The van der Waals surface area contributed by atoms with Gasteiger partial charge >= 0.3 is 0 Å². The van der Waals surface area contributed by atoms with Gasteiger partial charge in [-0.05, 0) is 59.5 Å². The highest BCUT2D eigenvalue weighted by Crippen LogP contribution is 2.32. The molecule has 1 saturated heterocycles. The molecule has 144 valence electrons. The van der Waals surface area contributed by atoms with Crippen LogP contribution in [0.3, 0.4) is 0 Å². The maximum absolute atomic E-state index is 12.6. The number of nitrogens with one attached hydrogen (secondary N) is 1. The summed E-state index contributed by atoms with van der Waals surface area (Å²) in [4.78, 5) is 38.4. The van der Waals surface area contributed by atoms with E-state index >= 15 is 0 Å². The van der Waals surface area contributed by atoms with Crippen molar-refractivity contribution in [1.29, 1.82) is 0 Å². The van der Waals surface area contributed by atoms with Crippen molar-refractivity contribution >= 4 is 40.6 Å². The van der Waals surface area contributed by atoms with Crippen molar-refractivity contribution in [3.05, 3.63) is 70.1 Å². The molecular formula is C22H22N2O3S. The summed E-state index contributed by atoms with van der Waals surface area (Å²) in [6.07, 6.45) is 1.70. The summed E-state index contributed by atoms with van der Waals surface area (Å²) in [5.74, 6) is -0.444. The number of hydrogen-bond donors (Lipinski definition) is 1. The molecule has 1 N–H and O–H groups in total. The zero-order valence-corrected chi connectivity index (χ0v) is 16.9. The fourth-order valence-electron chi connectivity index (χ4n) is 2.82. The van der Waals surface area contributed by atoms with Gasteiger partial charge in [-0.15, -0.1) is 0 Å². The number of carbonyl (C=O) groups is 3. The van der Waals surface area contributed by atoms with Gasteiger partial charge in [0.05, 0.1) is 4.91 Å². The summed E-state index contributed by atoms with van der Waals surface area (Å²) in [6.45, 7) is 5.82. The zero-order valence-electron chi connectivity index (χ0n) is 16.1. The van der Waals surface area contributed by atoms with E-state index in [9.17, 15) is 14.4 Å². The molecule has 0 spiro atoms. The topological polar surface area (TPSA) is 66.5 Å². The average Bonchev–Trinajstić information content (AvgIpc) is 2.91. The molecule has 28 heavy (non-hydrogen) atoms. The monoisotopic (exact) mass is 394 g/mol. The van der Waals surface area contributed by atoms with Crippen LogP contribution >= 0.6 is 11.8 Å². The third-order valence-corrected chi connectivity index (χ3v) is 5.42. The number of aryl methyl sites for hydroxylation is 1. The average molecular weight is 394 g/mol. The van der Waals surface area contributed by atoms with Gasteiger partial charge in [0.1, 0.15) is 6.54 Å². The number of rotatable bonds is 5. The first-order chi connectivity index (χ1) is 13.3. The number of thioether (sulfide) groups is 1. The van der Waals surface area contributed by atoms with E-state index in [-0.39, 0.29) is 6.54 Å². The number of amides is 3. The quantitative estimate of drug-likeness (QED) is 0.740. The van der Waals surface area contributed by atoms with Crippen molar-refractivity contribution in [1.82, 2.24) is 4.90 Å². The van der Waals surface area contributed by atoms with E-state index in [4.69, 9.17) is 0 Å². The smallest absolute Gasteiger partial charge is 0.294 e. The van der Waals surface area contributed by atoms with E-state index in [2.05, 4.69) is 19.2 Å². The highest BCUT2D eigenvalue weighted by atomic mass is 32.2. The van der Waals surface area contributed by atoms with E-state index in [1.54, 1.807) is 6.08 Å². The van der Waals surface area contributed by atoms with Gasteiger partial charge in [0.2, 0.25) is 5.91 Å². The van der Waals surface area contributed by atoms with Crippen LogP contribution in [0.1, 0.15) is 36.5 Å². The second-order valence-corrected chi connectivity index (χ2v) is 7.94. The third-order valence-electron chi connectivity index (χ3n) is 4.51. The molecule has 0 aromatic heterocycles. The van der Waals surface area contributed by atoms with Crippen molar-refractivity contribution in [2.24, 2.45) is 0 Å². The molecule has 0 bridgehead atoms. The molecule has 2 aromatic carbocycles. The van der Waals surface area contributed by atoms with Crippen molar-refractivity contribution < 1.29 is 14.4 Å². The summed E-state index contributed by atoms with van der Waals surface area (Å²) >= 11 is 0.857. The van der Waals surface area contributed by atoms with Crippen LogP contribution in [0.15, 0.2) is 53.4 Å². The molecule has 3 rings (SSSR count). The molecule has 1 fully saturated rings. The Morgan fingerprint density at radius 3 is 2.43 bits per heavy atom. The Morgan fingerprint density at radius 2 is 1.79 bits per heavy atom. The molecule has 3 amide bonds. The van der Waals surface area contributed by atoms with Gasteiger partial charge in [-0.3, -0.25) is 19.3 Å². The highest BCUT2D eigenvalue weighted by molar-refractivity contribution is 8.18. The number of anilines is 1. The number of benzene rings is 2. The second kappa shape index (κ2) is 8.44. The molecule has 6 heteroatoms. The van der Waals surface area contributed by atoms with Gasteiger partial charge in [0.15, 0.2) is 0 Å². The predicted molar refractivity (Wildman–Crippen MR) is 113 cm³/mol. The lowest BCUT2D eigenvalue weighted by atomic mass is 10.0. The van der Waals surface area contributed by atoms with Gasteiger partial charge in [0, 0.05) is 5.69 Å². The van der Waals surface area contributed by atoms with Crippen LogP contribution < -0.4 is 5.32 Å². The molecule has 1 heterocycles. The Bertz CT molecular complexity index is 949. The van der Waals surface area contributed by atoms with Crippen LogP contribution in [0, 0.1) is 6.92 Å². The summed E-state index contributed by atoms with van der Waals surface area (Å²) < 4.78 is 0. The third kappa shape index (κ3) is 4.51. The van der Waals surface area contributed by atoms with Crippen molar-refractivity contribution in [2.45, 2.75) is 26.7 Å². The minimum absolute atomic E-state index is 0.304. The van der Waals surface area contributed by atoms with Crippen molar-refractivity contribution in [3.63, 3.8) is 0 Å². The molecule has 1 aliphatic rings. The summed E-state index contributed by atoms with van der Waals surface area (Å²) in [7, 11) is 0. The predicted octanol–water partition coefficient (Wildman–Crippen LogP) is 4.79. The first-order valence-corrected chi connectivity index (χ1v) is 9.87. The molecule has 2 aromatic rings. The lowest BCUT2D eigenvalue weighted by Crippen LogP contribution is -2.36. The van der Waals surface area contributed by atoms with Crippen LogP contribution in [-0.4, -0.2) is 28.5 Å². The van der Waals surface area contributed by atoms with E-state index in [1.165, 1.54) is 5.56 Å². The van der Waals surface area contributed by atoms with Gasteiger partial charge in [-0.1, -0.05) is 50.2 Å². The number of hydrogen-bond acceptors (Lipinski definition) is 4. The van der Waals surface area contributed by atoms with Crippen molar-refractivity contribution in [3.8, 4) is 0 Å². The Hall–Kier alpha value is -2.86.